The molecule has 1 aliphatic rings. The summed E-state index contributed by atoms with van der Waals surface area (Å²) in [6, 6.07) is 4.07. The van der Waals surface area contributed by atoms with Gasteiger partial charge in [-0.2, -0.15) is 0 Å². The summed E-state index contributed by atoms with van der Waals surface area (Å²) in [5.74, 6) is 0.521. The van der Waals surface area contributed by atoms with E-state index in [1.165, 1.54) is 32.1 Å². The Bertz CT molecular complexity index is 237. The number of rotatable bonds is 2. The van der Waals surface area contributed by atoms with Crippen molar-refractivity contribution in [2.75, 3.05) is 0 Å². The van der Waals surface area contributed by atoms with E-state index in [0.29, 0.717) is 5.92 Å². The third kappa shape index (κ3) is 2.12. The van der Waals surface area contributed by atoms with Crippen LogP contribution in [0.5, 0.6) is 0 Å². The quantitative estimate of drug-likeness (QED) is 0.769. The fraction of sp³-hybridized carbons (Fsp3) is 0.636. The molecule has 0 saturated heterocycles. The molecule has 0 amide bonds. The summed E-state index contributed by atoms with van der Waals surface area (Å²) in [5, 5.41) is 12.1. The smallest absolute Gasteiger partial charge is 0.0909 e. The molecule has 0 radical (unpaired) electrons. The first-order valence-corrected chi connectivity index (χ1v) is 5.97. The summed E-state index contributed by atoms with van der Waals surface area (Å²) in [5.41, 5.74) is 0. The number of aliphatic hydroxyl groups excluding tert-OH is 1. The molecular weight excluding hydrogens is 180 g/mol. The van der Waals surface area contributed by atoms with Crippen LogP contribution in [0.4, 0.5) is 0 Å². The molecule has 0 spiro atoms. The van der Waals surface area contributed by atoms with Crippen molar-refractivity contribution in [3.8, 4) is 0 Å². The van der Waals surface area contributed by atoms with Gasteiger partial charge in [-0.15, -0.1) is 11.3 Å². The Morgan fingerprint density at radius 2 is 2.08 bits per heavy atom. The highest BCUT2D eigenvalue weighted by molar-refractivity contribution is 7.10. The molecule has 0 bridgehead atoms. The van der Waals surface area contributed by atoms with Gasteiger partial charge in [0.05, 0.1) is 6.10 Å². The van der Waals surface area contributed by atoms with Crippen LogP contribution >= 0.6 is 11.3 Å². The zero-order chi connectivity index (χ0) is 9.10. The van der Waals surface area contributed by atoms with Crippen LogP contribution in [-0.2, 0) is 0 Å². The van der Waals surface area contributed by atoms with Crippen molar-refractivity contribution >= 4 is 11.3 Å². The van der Waals surface area contributed by atoms with E-state index in [-0.39, 0.29) is 6.10 Å². The minimum Gasteiger partial charge on any atom is -0.387 e. The third-order valence-electron chi connectivity index (χ3n) is 2.93. The van der Waals surface area contributed by atoms with Gasteiger partial charge in [0.1, 0.15) is 0 Å². The van der Waals surface area contributed by atoms with E-state index in [2.05, 4.69) is 0 Å². The summed E-state index contributed by atoms with van der Waals surface area (Å²) in [4.78, 5) is 1.15. The second-order valence-corrected chi connectivity index (χ2v) is 4.84. The SMILES string of the molecule is O[C@@H](c1cccs1)C1CCCCC1. The van der Waals surface area contributed by atoms with Gasteiger partial charge in [-0.1, -0.05) is 25.3 Å². The Balaban J connectivity index is 1.99. The molecule has 0 aromatic carbocycles. The first-order valence-electron chi connectivity index (χ1n) is 5.09. The van der Waals surface area contributed by atoms with Gasteiger partial charge < -0.3 is 5.11 Å². The number of aliphatic hydroxyl groups is 1. The van der Waals surface area contributed by atoms with E-state index >= 15 is 0 Å². The Labute approximate surface area is 83.4 Å². The molecule has 1 N–H and O–H groups in total. The molecule has 1 aromatic heterocycles. The monoisotopic (exact) mass is 196 g/mol. The lowest BCUT2D eigenvalue weighted by atomic mass is 9.85. The fourth-order valence-corrected chi connectivity index (χ4v) is 2.95. The van der Waals surface area contributed by atoms with Gasteiger partial charge in [0.25, 0.3) is 0 Å². The fourth-order valence-electron chi connectivity index (χ4n) is 2.14. The van der Waals surface area contributed by atoms with Crippen molar-refractivity contribution in [3.05, 3.63) is 22.4 Å². The Morgan fingerprint density at radius 1 is 1.31 bits per heavy atom. The molecule has 0 unspecified atom stereocenters. The van der Waals surface area contributed by atoms with Gasteiger partial charge >= 0.3 is 0 Å². The lowest BCUT2D eigenvalue weighted by Gasteiger charge is -2.25. The Hall–Kier alpha value is -0.340. The average molecular weight is 196 g/mol. The van der Waals surface area contributed by atoms with E-state index in [0.717, 1.165) is 4.88 Å². The van der Waals surface area contributed by atoms with Crippen LogP contribution < -0.4 is 0 Å². The van der Waals surface area contributed by atoms with E-state index in [9.17, 15) is 5.11 Å². The van der Waals surface area contributed by atoms with Crippen LogP contribution in [0.2, 0.25) is 0 Å². The summed E-state index contributed by atoms with van der Waals surface area (Å²) >= 11 is 1.67. The maximum atomic E-state index is 10.0. The van der Waals surface area contributed by atoms with Crippen molar-refractivity contribution in [2.45, 2.75) is 38.2 Å². The molecule has 1 aliphatic carbocycles. The molecular formula is C11H16OS. The second-order valence-electron chi connectivity index (χ2n) is 3.86. The zero-order valence-corrected chi connectivity index (χ0v) is 8.59. The van der Waals surface area contributed by atoms with Crippen LogP contribution in [0.15, 0.2) is 17.5 Å². The van der Waals surface area contributed by atoms with Crippen LogP contribution in [0, 0.1) is 5.92 Å². The van der Waals surface area contributed by atoms with Gasteiger partial charge in [0.15, 0.2) is 0 Å². The van der Waals surface area contributed by atoms with Crippen LogP contribution in [0.3, 0.4) is 0 Å². The molecule has 1 saturated carbocycles. The second kappa shape index (κ2) is 4.25. The van der Waals surface area contributed by atoms with Gasteiger partial charge in [0, 0.05) is 4.88 Å². The third-order valence-corrected chi connectivity index (χ3v) is 3.87. The molecule has 1 fully saturated rings. The number of thiophene rings is 1. The molecule has 0 aliphatic heterocycles. The summed E-state index contributed by atoms with van der Waals surface area (Å²) in [6.07, 6.45) is 6.17. The van der Waals surface area contributed by atoms with Gasteiger partial charge in [0.2, 0.25) is 0 Å². The maximum Gasteiger partial charge on any atom is 0.0909 e. The topological polar surface area (TPSA) is 20.2 Å². The van der Waals surface area contributed by atoms with Crippen LogP contribution in [-0.4, -0.2) is 5.11 Å². The lowest BCUT2D eigenvalue weighted by Crippen LogP contribution is -2.14. The van der Waals surface area contributed by atoms with E-state index < -0.39 is 0 Å². The van der Waals surface area contributed by atoms with Crippen molar-refractivity contribution < 1.29 is 5.11 Å². The average Bonchev–Trinajstić information content (AvgIpc) is 2.71. The van der Waals surface area contributed by atoms with Crippen LogP contribution in [0.1, 0.15) is 43.1 Å². The van der Waals surface area contributed by atoms with Crippen molar-refractivity contribution in [1.82, 2.24) is 0 Å². The van der Waals surface area contributed by atoms with Crippen molar-refractivity contribution in [2.24, 2.45) is 5.92 Å². The molecule has 72 valence electrons. The molecule has 1 nitrogen and oxygen atoms in total. The minimum absolute atomic E-state index is 0.194. The van der Waals surface area contributed by atoms with Crippen LogP contribution in [0.25, 0.3) is 0 Å². The molecule has 2 rings (SSSR count). The minimum atomic E-state index is -0.194. The van der Waals surface area contributed by atoms with Gasteiger partial charge in [-0.05, 0) is 30.2 Å². The zero-order valence-electron chi connectivity index (χ0n) is 7.78. The van der Waals surface area contributed by atoms with E-state index in [1.54, 1.807) is 11.3 Å². The van der Waals surface area contributed by atoms with Gasteiger partial charge in [-0.25, -0.2) is 0 Å². The highest BCUT2D eigenvalue weighted by atomic mass is 32.1. The predicted octanol–water partition coefficient (Wildman–Crippen LogP) is 3.36. The van der Waals surface area contributed by atoms with E-state index in [4.69, 9.17) is 0 Å². The predicted molar refractivity (Wildman–Crippen MR) is 55.9 cm³/mol. The molecule has 1 heterocycles. The first kappa shape index (κ1) is 9.22. The maximum absolute atomic E-state index is 10.0. The Kier molecular flexibility index (Phi) is 3.01. The number of hydrogen-bond acceptors (Lipinski definition) is 2. The molecule has 2 heteroatoms. The Morgan fingerprint density at radius 3 is 2.69 bits per heavy atom. The first-order chi connectivity index (χ1) is 6.38. The summed E-state index contributed by atoms with van der Waals surface area (Å²) in [7, 11) is 0. The summed E-state index contributed by atoms with van der Waals surface area (Å²) in [6.45, 7) is 0. The number of hydrogen-bond donors (Lipinski definition) is 1. The highest BCUT2D eigenvalue weighted by Gasteiger charge is 2.23. The van der Waals surface area contributed by atoms with Gasteiger partial charge in [-0.3, -0.25) is 0 Å². The largest absolute Gasteiger partial charge is 0.387 e. The standard InChI is InChI=1S/C11H16OS/c12-11(10-7-4-8-13-10)9-5-2-1-3-6-9/h4,7-9,11-12H,1-3,5-6H2/t11-/m1/s1. The van der Waals surface area contributed by atoms with E-state index in [1.807, 2.05) is 17.5 Å². The van der Waals surface area contributed by atoms with Crippen molar-refractivity contribution in [1.29, 1.82) is 0 Å². The molecule has 13 heavy (non-hydrogen) atoms. The molecule has 1 aromatic rings. The summed E-state index contributed by atoms with van der Waals surface area (Å²) < 4.78 is 0. The van der Waals surface area contributed by atoms with Crippen molar-refractivity contribution in [3.63, 3.8) is 0 Å². The lowest BCUT2D eigenvalue weighted by molar-refractivity contribution is 0.0879. The molecule has 1 atom stereocenters. The highest BCUT2D eigenvalue weighted by Crippen LogP contribution is 2.35. The normalized spacial score (nSPS) is 21.6.